The third-order valence-corrected chi connectivity index (χ3v) is 2.87. The second-order valence-electron chi connectivity index (χ2n) is 4.68. The first-order valence-electron chi connectivity index (χ1n) is 5.45. The van der Waals surface area contributed by atoms with Crippen LogP contribution in [0.3, 0.4) is 0 Å². The molecule has 5 heteroatoms. The number of hydrogen-bond donors (Lipinski definition) is 3. The van der Waals surface area contributed by atoms with Crippen molar-refractivity contribution in [2.75, 3.05) is 6.54 Å². The lowest BCUT2D eigenvalue weighted by molar-refractivity contribution is 0.242. The highest BCUT2D eigenvalue weighted by molar-refractivity contribution is 7.80. The molecule has 5 N–H and O–H groups in total. The molecule has 0 rings (SSSR count). The van der Waals surface area contributed by atoms with Gasteiger partial charge in [-0.05, 0) is 33.9 Å². The maximum absolute atomic E-state index is 6.00. The van der Waals surface area contributed by atoms with E-state index in [0.717, 1.165) is 6.54 Å². The maximum atomic E-state index is 6.00. The van der Waals surface area contributed by atoms with Gasteiger partial charge >= 0.3 is 0 Å². The first-order chi connectivity index (χ1) is 7.25. The molecule has 0 aromatic heterocycles. The topological polar surface area (TPSA) is 67.3 Å². The average Bonchev–Trinajstić information content (AvgIpc) is 2.15. The van der Waals surface area contributed by atoms with Crippen molar-refractivity contribution in [3.05, 3.63) is 12.8 Å². The number of nitrogens with zero attached hydrogens (tertiary/aromatic N) is 1. The Morgan fingerprint density at radius 2 is 2.00 bits per heavy atom. The third-order valence-electron chi connectivity index (χ3n) is 2.37. The van der Waals surface area contributed by atoms with Gasteiger partial charge in [0.1, 0.15) is 0 Å². The molecule has 0 saturated heterocycles. The minimum atomic E-state index is -0.401. The van der Waals surface area contributed by atoms with E-state index in [0.29, 0.717) is 4.99 Å². The first kappa shape index (κ1) is 15.3. The van der Waals surface area contributed by atoms with E-state index in [4.69, 9.17) is 23.7 Å². The Kier molecular flexibility index (Phi) is 5.92. The molecule has 0 fully saturated rings. The summed E-state index contributed by atoms with van der Waals surface area (Å²) >= 11 is 5.38. The van der Waals surface area contributed by atoms with Gasteiger partial charge in [0, 0.05) is 12.1 Å². The van der Waals surface area contributed by atoms with Crippen LogP contribution in [0.5, 0.6) is 0 Å². The molecule has 0 heterocycles. The molecule has 0 aliphatic rings. The normalized spacial score (nSPS) is 15.1. The van der Waals surface area contributed by atoms with E-state index in [1.165, 1.54) is 6.20 Å². The standard InChI is InChI=1S/C11H24N4S/c1-6-14-9(13)8(12)10(16)15(7-2)11(3,4)5/h6,8-9,14H,1,7,12-13H2,2-5H3. The molecule has 94 valence electrons. The van der Waals surface area contributed by atoms with Crippen molar-refractivity contribution < 1.29 is 0 Å². The Labute approximate surface area is 104 Å². The number of nitrogens with two attached hydrogens (primary N) is 2. The predicted molar refractivity (Wildman–Crippen MR) is 74.0 cm³/mol. The van der Waals surface area contributed by atoms with Crippen molar-refractivity contribution in [2.24, 2.45) is 11.5 Å². The number of rotatable bonds is 5. The lowest BCUT2D eigenvalue weighted by Crippen LogP contribution is -2.60. The summed E-state index contributed by atoms with van der Waals surface area (Å²) < 4.78 is 0. The SMILES string of the molecule is C=CNC(N)C(N)C(=S)N(CC)C(C)(C)C. The monoisotopic (exact) mass is 244 g/mol. The minimum Gasteiger partial charge on any atom is -0.375 e. The van der Waals surface area contributed by atoms with Crippen molar-refractivity contribution in [2.45, 2.75) is 45.4 Å². The van der Waals surface area contributed by atoms with Crippen LogP contribution in [-0.4, -0.2) is 34.2 Å². The maximum Gasteiger partial charge on any atom is 0.0988 e. The van der Waals surface area contributed by atoms with Crippen molar-refractivity contribution in [3.8, 4) is 0 Å². The zero-order chi connectivity index (χ0) is 12.9. The third kappa shape index (κ3) is 4.08. The van der Waals surface area contributed by atoms with Crippen LogP contribution in [0.4, 0.5) is 0 Å². The Hall–Kier alpha value is -0.650. The Morgan fingerprint density at radius 3 is 2.31 bits per heavy atom. The van der Waals surface area contributed by atoms with Crippen LogP contribution in [0.1, 0.15) is 27.7 Å². The summed E-state index contributed by atoms with van der Waals surface area (Å²) in [5.74, 6) is 0. The predicted octanol–water partition coefficient (Wildman–Crippen LogP) is 0.779. The van der Waals surface area contributed by atoms with Gasteiger partial charge in [-0.1, -0.05) is 18.8 Å². The fourth-order valence-electron chi connectivity index (χ4n) is 1.53. The molecule has 4 nitrogen and oxygen atoms in total. The van der Waals surface area contributed by atoms with Gasteiger partial charge in [0.2, 0.25) is 0 Å². The number of thiocarbonyl (C=S) groups is 1. The van der Waals surface area contributed by atoms with E-state index in [-0.39, 0.29) is 5.54 Å². The molecule has 0 spiro atoms. The molecule has 0 amide bonds. The summed E-state index contributed by atoms with van der Waals surface area (Å²) in [5, 5.41) is 2.86. The molecular weight excluding hydrogens is 220 g/mol. The Morgan fingerprint density at radius 1 is 1.50 bits per heavy atom. The second kappa shape index (κ2) is 6.18. The second-order valence-corrected chi connectivity index (χ2v) is 5.09. The average molecular weight is 244 g/mol. The van der Waals surface area contributed by atoms with Gasteiger partial charge in [-0.15, -0.1) is 0 Å². The minimum absolute atomic E-state index is 0.0443. The molecule has 2 unspecified atom stereocenters. The molecule has 0 aliphatic heterocycles. The van der Waals surface area contributed by atoms with Crippen LogP contribution in [0.15, 0.2) is 12.8 Å². The smallest absolute Gasteiger partial charge is 0.0988 e. The van der Waals surface area contributed by atoms with Gasteiger partial charge in [-0.2, -0.15) is 0 Å². The van der Waals surface area contributed by atoms with Crippen LogP contribution in [0.2, 0.25) is 0 Å². The summed E-state index contributed by atoms with van der Waals surface area (Å²) in [4.78, 5) is 2.76. The fraction of sp³-hybridized carbons (Fsp3) is 0.727. The van der Waals surface area contributed by atoms with Crippen LogP contribution in [0, 0.1) is 0 Å². The van der Waals surface area contributed by atoms with Crippen LogP contribution < -0.4 is 16.8 Å². The molecule has 0 aliphatic carbocycles. The Bertz CT molecular complexity index is 247. The lowest BCUT2D eigenvalue weighted by Gasteiger charge is -2.40. The molecule has 0 saturated carbocycles. The van der Waals surface area contributed by atoms with E-state index in [1.54, 1.807) is 0 Å². The summed E-state index contributed by atoms with van der Waals surface area (Å²) in [6.07, 6.45) is 1.13. The highest BCUT2D eigenvalue weighted by Crippen LogP contribution is 2.15. The summed E-state index contributed by atoms with van der Waals surface area (Å²) in [6, 6.07) is -0.396. The molecule has 0 aromatic carbocycles. The first-order valence-corrected chi connectivity index (χ1v) is 5.86. The summed E-state index contributed by atoms with van der Waals surface area (Å²) in [6.45, 7) is 12.7. The van der Waals surface area contributed by atoms with Gasteiger partial charge in [0.05, 0.1) is 17.2 Å². The summed E-state index contributed by atoms with van der Waals surface area (Å²) in [7, 11) is 0. The summed E-state index contributed by atoms with van der Waals surface area (Å²) in [5.41, 5.74) is 11.8. The van der Waals surface area contributed by atoms with Crippen LogP contribution >= 0.6 is 12.2 Å². The van der Waals surface area contributed by atoms with E-state index in [2.05, 4.69) is 44.5 Å². The number of nitrogens with one attached hydrogen (secondary N) is 1. The van der Waals surface area contributed by atoms with E-state index in [9.17, 15) is 0 Å². The van der Waals surface area contributed by atoms with E-state index >= 15 is 0 Å². The van der Waals surface area contributed by atoms with Gasteiger partial charge in [-0.3, -0.25) is 0 Å². The molecule has 0 radical (unpaired) electrons. The molecule has 2 atom stereocenters. The molecule has 16 heavy (non-hydrogen) atoms. The van der Waals surface area contributed by atoms with Gasteiger partial charge in [-0.25, -0.2) is 0 Å². The van der Waals surface area contributed by atoms with E-state index in [1.807, 2.05) is 0 Å². The van der Waals surface area contributed by atoms with Gasteiger partial charge in [0.25, 0.3) is 0 Å². The zero-order valence-corrected chi connectivity index (χ0v) is 11.5. The molecule has 0 bridgehead atoms. The quantitative estimate of drug-likeness (QED) is 0.492. The number of likely N-dealkylation sites (N-methyl/N-ethyl adjacent to an activating group) is 1. The number of hydrogen-bond acceptors (Lipinski definition) is 4. The van der Waals surface area contributed by atoms with Gasteiger partial charge in [0.15, 0.2) is 0 Å². The highest BCUT2D eigenvalue weighted by atomic mass is 32.1. The van der Waals surface area contributed by atoms with Crippen molar-refractivity contribution >= 4 is 17.2 Å². The highest BCUT2D eigenvalue weighted by Gasteiger charge is 2.28. The van der Waals surface area contributed by atoms with Crippen molar-refractivity contribution in [1.29, 1.82) is 0 Å². The Balaban J connectivity index is 4.69. The van der Waals surface area contributed by atoms with Crippen molar-refractivity contribution in [3.63, 3.8) is 0 Å². The molecule has 0 aromatic rings. The zero-order valence-electron chi connectivity index (χ0n) is 10.7. The fourth-order valence-corrected chi connectivity index (χ4v) is 2.08. The van der Waals surface area contributed by atoms with Crippen LogP contribution in [0.25, 0.3) is 0 Å². The van der Waals surface area contributed by atoms with Gasteiger partial charge < -0.3 is 21.7 Å². The van der Waals surface area contributed by atoms with E-state index < -0.39 is 12.2 Å². The largest absolute Gasteiger partial charge is 0.375 e. The lowest BCUT2D eigenvalue weighted by atomic mass is 10.0. The van der Waals surface area contributed by atoms with Crippen LogP contribution in [-0.2, 0) is 0 Å². The van der Waals surface area contributed by atoms with Crippen molar-refractivity contribution in [1.82, 2.24) is 10.2 Å². The molecular formula is C11H24N4S.